The van der Waals surface area contributed by atoms with Gasteiger partial charge in [0.05, 0.1) is 23.1 Å². The molecule has 3 rings (SSSR count). The third-order valence-electron chi connectivity index (χ3n) is 3.80. The molecule has 2 atom stereocenters. The maximum Gasteiger partial charge on any atom is 0.216 e. The highest BCUT2D eigenvalue weighted by atomic mass is 35.5. The monoisotopic (exact) mass is 306 g/mol. The average molecular weight is 307 g/mol. The van der Waals surface area contributed by atoms with Crippen molar-refractivity contribution in [2.45, 2.75) is 26.4 Å². The minimum Gasteiger partial charge on any atom is -0.474 e. The smallest absolute Gasteiger partial charge is 0.216 e. The number of hydrogen-bond acceptors (Lipinski definition) is 4. The number of halogens is 1. The molecule has 0 saturated carbocycles. The highest BCUT2D eigenvalue weighted by Crippen LogP contribution is 2.23. The summed E-state index contributed by atoms with van der Waals surface area (Å²) in [7, 11) is 0. The van der Waals surface area contributed by atoms with Gasteiger partial charge in [-0.1, -0.05) is 18.5 Å². The molecule has 21 heavy (non-hydrogen) atoms. The van der Waals surface area contributed by atoms with Gasteiger partial charge in [-0.3, -0.25) is 0 Å². The van der Waals surface area contributed by atoms with Gasteiger partial charge in [0.25, 0.3) is 0 Å². The van der Waals surface area contributed by atoms with E-state index in [1.165, 1.54) is 0 Å². The number of ether oxygens (including phenoxy) is 1. The lowest BCUT2D eigenvalue weighted by atomic mass is 9.98. The second-order valence-electron chi connectivity index (χ2n) is 5.55. The van der Waals surface area contributed by atoms with Gasteiger partial charge in [-0.25, -0.2) is 9.67 Å². The van der Waals surface area contributed by atoms with Crippen LogP contribution in [0.4, 0.5) is 0 Å². The Labute approximate surface area is 129 Å². The van der Waals surface area contributed by atoms with Crippen LogP contribution in [0.3, 0.4) is 0 Å². The fraction of sp³-hybridized carbons (Fsp3) is 0.467. The van der Waals surface area contributed by atoms with Crippen LogP contribution in [-0.2, 0) is 0 Å². The van der Waals surface area contributed by atoms with Gasteiger partial charge in [0, 0.05) is 24.2 Å². The van der Waals surface area contributed by atoms with Gasteiger partial charge in [0.1, 0.15) is 6.10 Å². The Hall–Kier alpha value is -1.59. The van der Waals surface area contributed by atoms with E-state index >= 15 is 0 Å². The van der Waals surface area contributed by atoms with Crippen LogP contribution in [0.5, 0.6) is 5.88 Å². The van der Waals surface area contributed by atoms with E-state index in [-0.39, 0.29) is 6.10 Å². The van der Waals surface area contributed by atoms with Crippen molar-refractivity contribution in [1.82, 2.24) is 20.1 Å². The van der Waals surface area contributed by atoms with Crippen LogP contribution < -0.4 is 10.1 Å². The highest BCUT2D eigenvalue weighted by Gasteiger charge is 2.23. The van der Waals surface area contributed by atoms with E-state index in [0.717, 1.165) is 30.8 Å². The normalized spacial score (nSPS) is 22.2. The number of hydrogen-bond donors (Lipinski definition) is 1. The maximum absolute atomic E-state index is 6.09. The Morgan fingerprint density at radius 2 is 2.29 bits per heavy atom. The molecule has 5 nitrogen and oxygen atoms in total. The summed E-state index contributed by atoms with van der Waals surface area (Å²) in [6.07, 6.45) is 6.36. The van der Waals surface area contributed by atoms with Crippen molar-refractivity contribution < 1.29 is 4.74 Å². The molecule has 3 heterocycles. The standard InChI is InChI=1S/C15H19ClN4O/c1-10-5-13(20-9-12(16)7-19-20)8-18-15(10)21-14-3-4-17-6-11(14)2/h5,7-9,11,14,17H,3-4,6H2,1-2H3. The van der Waals surface area contributed by atoms with Crippen LogP contribution in [0.25, 0.3) is 5.69 Å². The third-order valence-corrected chi connectivity index (χ3v) is 4.00. The Morgan fingerprint density at radius 1 is 1.43 bits per heavy atom. The molecule has 0 radical (unpaired) electrons. The van der Waals surface area contributed by atoms with Crippen molar-refractivity contribution in [3.8, 4) is 11.6 Å². The zero-order valence-electron chi connectivity index (χ0n) is 12.2. The first kappa shape index (κ1) is 14.4. The Kier molecular flexibility index (Phi) is 4.12. The van der Waals surface area contributed by atoms with Crippen LogP contribution >= 0.6 is 11.6 Å². The molecule has 112 valence electrons. The van der Waals surface area contributed by atoms with E-state index in [0.29, 0.717) is 16.8 Å². The molecule has 0 aromatic carbocycles. The third kappa shape index (κ3) is 3.19. The van der Waals surface area contributed by atoms with E-state index in [1.807, 2.05) is 13.0 Å². The first-order valence-electron chi connectivity index (χ1n) is 7.18. The number of aryl methyl sites for hydroxylation is 1. The molecule has 0 bridgehead atoms. The van der Waals surface area contributed by atoms with Crippen LogP contribution in [0.15, 0.2) is 24.7 Å². The van der Waals surface area contributed by atoms with Gasteiger partial charge >= 0.3 is 0 Å². The van der Waals surface area contributed by atoms with Crippen molar-refractivity contribution in [2.75, 3.05) is 13.1 Å². The van der Waals surface area contributed by atoms with E-state index in [4.69, 9.17) is 16.3 Å². The summed E-state index contributed by atoms with van der Waals surface area (Å²) in [6, 6.07) is 2.01. The van der Waals surface area contributed by atoms with Gasteiger partial charge in [-0.05, 0) is 26.0 Å². The number of nitrogens with zero attached hydrogens (tertiary/aromatic N) is 3. The molecule has 6 heteroatoms. The van der Waals surface area contributed by atoms with Crippen LogP contribution in [0.2, 0.25) is 5.02 Å². The van der Waals surface area contributed by atoms with Crippen LogP contribution in [-0.4, -0.2) is 34.0 Å². The van der Waals surface area contributed by atoms with E-state index in [1.54, 1.807) is 23.3 Å². The molecule has 2 unspecified atom stereocenters. The summed E-state index contributed by atoms with van der Waals surface area (Å²) < 4.78 is 7.80. The predicted molar refractivity (Wildman–Crippen MR) is 82.2 cm³/mol. The summed E-state index contributed by atoms with van der Waals surface area (Å²) in [5.74, 6) is 1.19. The fourth-order valence-corrected chi connectivity index (χ4v) is 2.68. The van der Waals surface area contributed by atoms with Crippen molar-refractivity contribution in [1.29, 1.82) is 0 Å². The molecule has 0 aliphatic carbocycles. The Morgan fingerprint density at radius 3 is 2.95 bits per heavy atom. The second-order valence-corrected chi connectivity index (χ2v) is 5.98. The number of nitrogens with one attached hydrogen (secondary N) is 1. The zero-order chi connectivity index (χ0) is 14.8. The van der Waals surface area contributed by atoms with Crippen molar-refractivity contribution in [3.05, 3.63) is 35.2 Å². The summed E-state index contributed by atoms with van der Waals surface area (Å²) in [5.41, 5.74) is 1.88. The second kappa shape index (κ2) is 6.03. The quantitative estimate of drug-likeness (QED) is 0.947. The molecule has 2 aromatic rings. The Balaban J connectivity index is 1.78. The lowest BCUT2D eigenvalue weighted by molar-refractivity contribution is 0.106. The summed E-state index contributed by atoms with van der Waals surface area (Å²) in [5, 5.41) is 8.16. The molecule has 1 aliphatic heterocycles. The first-order chi connectivity index (χ1) is 10.1. The number of pyridine rings is 1. The largest absolute Gasteiger partial charge is 0.474 e. The molecule has 1 fully saturated rings. The minimum atomic E-state index is 0.224. The van der Waals surface area contributed by atoms with E-state index in [9.17, 15) is 0 Å². The molecule has 1 aliphatic rings. The lowest BCUT2D eigenvalue weighted by Crippen LogP contribution is -2.41. The van der Waals surface area contributed by atoms with Crippen LogP contribution in [0, 0.1) is 12.8 Å². The topological polar surface area (TPSA) is 52.0 Å². The molecular weight excluding hydrogens is 288 g/mol. The maximum atomic E-state index is 6.09. The molecular formula is C15H19ClN4O. The molecule has 1 N–H and O–H groups in total. The highest BCUT2D eigenvalue weighted by molar-refractivity contribution is 6.30. The summed E-state index contributed by atoms with van der Waals surface area (Å²) in [4.78, 5) is 4.45. The fourth-order valence-electron chi connectivity index (χ4n) is 2.55. The number of rotatable bonds is 3. The SMILES string of the molecule is Cc1cc(-n2cc(Cl)cn2)cnc1OC1CCNCC1C. The van der Waals surface area contributed by atoms with Crippen molar-refractivity contribution in [3.63, 3.8) is 0 Å². The van der Waals surface area contributed by atoms with Gasteiger partial charge in [-0.2, -0.15) is 5.10 Å². The van der Waals surface area contributed by atoms with Gasteiger partial charge in [-0.15, -0.1) is 0 Å². The van der Waals surface area contributed by atoms with Gasteiger partial charge in [0.15, 0.2) is 0 Å². The summed E-state index contributed by atoms with van der Waals surface area (Å²) in [6.45, 7) is 6.19. The first-order valence-corrected chi connectivity index (χ1v) is 7.56. The molecule has 0 amide bonds. The minimum absolute atomic E-state index is 0.224. The van der Waals surface area contributed by atoms with E-state index < -0.39 is 0 Å². The van der Waals surface area contributed by atoms with E-state index in [2.05, 4.69) is 22.3 Å². The molecule has 2 aromatic heterocycles. The van der Waals surface area contributed by atoms with Gasteiger partial charge in [0.2, 0.25) is 5.88 Å². The van der Waals surface area contributed by atoms with Crippen LogP contribution in [0.1, 0.15) is 18.9 Å². The lowest BCUT2D eigenvalue weighted by Gasteiger charge is -2.30. The van der Waals surface area contributed by atoms with Crippen molar-refractivity contribution in [2.24, 2.45) is 5.92 Å². The molecule has 0 spiro atoms. The Bertz CT molecular complexity index is 628. The number of aromatic nitrogens is 3. The zero-order valence-corrected chi connectivity index (χ0v) is 13.0. The summed E-state index contributed by atoms with van der Waals surface area (Å²) >= 11 is 5.89. The number of piperidine rings is 1. The predicted octanol–water partition coefficient (Wildman–Crippen LogP) is 2.61. The molecule has 1 saturated heterocycles. The average Bonchev–Trinajstić information content (AvgIpc) is 2.90. The van der Waals surface area contributed by atoms with Crippen molar-refractivity contribution >= 4 is 11.6 Å². The van der Waals surface area contributed by atoms with Gasteiger partial charge < -0.3 is 10.1 Å².